The Bertz CT molecular complexity index is 1360. The summed E-state index contributed by atoms with van der Waals surface area (Å²) >= 11 is 0. The van der Waals surface area contributed by atoms with Crippen LogP contribution in [0.1, 0.15) is 11.1 Å². The van der Waals surface area contributed by atoms with E-state index in [1.807, 2.05) is 0 Å². The maximum atomic E-state index is 2.26. The van der Waals surface area contributed by atoms with Crippen molar-refractivity contribution in [1.29, 1.82) is 0 Å². The van der Waals surface area contributed by atoms with Crippen molar-refractivity contribution < 1.29 is 50.7 Å². The maximum Gasteiger partial charge on any atom is 4.00 e. The smallest absolute Gasteiger partial charge is 1.00 e. The van der Waals surface area contributed by atoms with E-state index >= 15 is 0 Å². The van der Waals surface area contributed by atoms with E-state index in [4.69, 9.17) is 0 Å². The van der Waals surface area contributed by atoms with Crippen LogP contribution in [0.5, 0.6) is 0 Å². The molecule has 6 aromatic rings. The minimum Gasteiger partial charge on any atom is -1.00 e. The molecule has 0 aromatic heterocycles. The van der Waals surface area contributed by atoms with Gasteiger partial charge >= 0.3 is 25.8 Å². The van der Waals surface area contributed by atoms with E-state index in [1.54, 1.807) is 0 Å². The Morgan fingerprint density at radius 2 is 0.800 bits per heavy atom. The second-order valence-electron chi connectivity index (χ2n) is 8.48. The summed E-state index contributed by atoms with van der Waals surface area (Å²) < 4.78 is 0. The summed E-state index contributed by atoms with van der Waals surface area (Å²) in [5, 5.41) is 5.33. The van der Waals surface area contributed by atoms with Crippen molar-refractivity contribution in [3.63, 3.8) is 0 Å². The van der Waals surface area contributed by atoms with Crippen LogP contribution in [0.15, 0.2) is 121 Å². The number of fused-ring (bicyclic) bond motifs is 2. The molecule has 0 fully saturated rings. The van der Waals surface area contributed by atoms with E-state index in [0.29, 0.717) is 0 Å². The van der Waals surface area contributed by atoms with Crippen LogP contribution < -0.4 is 24.8 Å². The third-order valence-electron chi connectivity index (χ3n) is 5.92. The molecular formula is C32H26Cl2Hf. The topological polar surface area (TPSA) is 0 Å². The van der Waals surface area contributed by atoms with Crippen molar-refractivity contribution in [2.45, 2.75) is 13.8 Å². The van der Waals surface area contributed by atoms with Crippen LogP contribution in [0.4, 0.5) is 0 Å². The van der Waals surface area contributed by atoms with Gasteiger partial charge < -0.3 is 24.8 Å². The molecular weight excluding hydrogens is 634 g/mol. The summed E-state index contributed by atoms with van der Waals surface area (Å²) in [5.74, 6) is 0. The van der Waals surface area contributed by atoms with Crippen LogP contribution in [0.3, 0.4) is 0 Å². The third kappa shape index (κ3) is 6.82. The zero-order valence-electron chi connectivity index (χ0n) is 19.8. The fraction of sp³-hybridized carbons (Fsp3) is 0.0625. The molecule has 0 saturated carbocycles. The molecule has 0 amide bonds. The Labute approximate surface area is 239 Å². The Kier molecular flexibility index (Phi) is 10.7. The molecule has 0 aliphatic rings. The molecule has 6 aromatic carbocycles. The fourth-order valence-corrected chi connectivity index (χ4v) is 4.35. The first-order chi connectivity index (χ1) is 15.7. The molecule has 0 radical (unpaired) electrons. The van der Waals surface area contributed by atoms with Crippen LogP contribution in [0.25, 0.3) is 43.8 Å². The Hall–Kier alpha value is -2.45. The average Bonchev–Trinajstić information content (AvgIpc) is 3.39. The molecule has 6 rings (SSSR count). The minimum atomic E-state index is 0. The normalized spacial score (nSPS) is 9.89. The molecule has 0 N–H and O–H groups in total. The maximum absolute atomic E-state index is 2.26. The predicted molar refractivity (Wildman–Crippen MR) is 139 cm³/mol. The van der Waals surface area contributed by atoms with Crippen molar-refractivity contribution in [3.8, 4) is 22.3 Å². The van der Waals surface area contributed by atoms with E-state index in [1.165, 1.54) is 54.9 Å². The van der Waals surface area contributed by atoms with Gasteiger partial charge in [0.1, 0.15) is 0 Å². The molecule has 0 spiro atoms. The zero-order chi connectivity index (χ0) is 21.9. The first kappa shape index (κ1) is 28.8. The van der Waals surface area contributed by atoms with E-state index in [2.05, 4.69) is 135 Å². The molecule has 0 heterocycles. The summed E-state index contributed by atoms with van der Waals surface area (Å²) in [6.45, 7) is 4.28. The van der Waals surface area contributed by atoms with Crippen LogP contribution in [0.2, 0.25) is 0 Å². The molecule has 0 aliphatic carbocycles. The van der Waals surface area contributed by atoms with E-state index in [9.17, 15) is 0 Å². The first-order valence-electron chi connectivity index (χ1n) is 11.1. The minimum absolute atomic E-state index is 0. The second-order valence-corrected chi connectivity index (χ2v) is 8.48. The third-order valence-corrected chi connectivity index (χ3v) is 5.92. The van der Waals surface area contributed by atoms with Crippen LogP contribution in [0, 0.1) is 13.8 Å². The van der Waals surface area contributed by atoms with Crippen LogP contribution >= 0.6 is 0 Å². The Morgan fingerprint density at radius 1 is 0.429 bits per heavy atom. The molecule has 172 valence electrons. The number of halogens is 2. The first-order valence-corrected chi connectivity index (χ1v) is 11.1. The van der Waals surface area contributed by atoms with E-state index in [0.717, 1.165) is 0 Å². The van der Waals surface area contributed by atoms with Gasteiger partial charge in [-0.1, -0.05) is 98.8 Å². The molecule has 0 bridgehead atoms. The Morgan fingerprint density at radius 3 is 1.17 bits per heavy atom. The van der Waals surface area contributed by atoms with Gasteiger partial charge in [0.05, 0.1) is 0 Å². The summed E-state index contributed by atoms with van der Waals surface area (Å²) in [5.41, 5.74) is 7.81. The van der Waals surface area contributed by atoms with Gasteiger partial charge in [-0.2, -0.15) is 12.1 Å². The zero-order valence-corrected chi connectivity index (χ0v) is 24.9. The SMILES string of the molecule is Cc1cc2cc(-c3ccccc3)ccc2[cH-]1.Cc1cc2cc(-c3ccccc3)ccc2[cH-]1.[Cl-].[Cl-].[Hf+4]. The number of hydrogen-bond acceptors (Lipinski definition) is 0. The average molecular weight is 660 g/mol. The van der Waals surface area contributed by atoms with Gasteiger partial charge in [-0.05, 0) is 22.3 Å². The number of aryl methyl sites for hydroxylation is 2. The van der Waals surface area contributed by atoms with Crippen molar-refractivity contribution in [1.82, 2.24) is 0 Å². The molecule has 0 atom stereocenters. The van der Waals surface area contributed by atoms with Gasteiger partial charge in [-0.3, -0.25) is 0 Å². The summed E-state index contributed by atoms with van der Waals surface area (Å²) in [4.78, 5) is 0. The van der Waals surface area contributed by atoms with Gasteiger partial charge in [0.25, 0.3) is 0 Å². The van der Waals surface area contributed by atoms with Gasteiger partial charge in [0.15, 0.2) is 0 Å². The molecule has 3 heteroatoms. The molecule has 0 nitrogen and oxygen atoms in total. The standard InChI is InChI=1S/2C16H13.2ClH.Hf/c2*1-12-9-14-7-8-15(11-16(14)10-12)13-5-3-2-4-6-13;;;/h2*2-11H,1H3;2*1H;/q2*-1;;;+4/p-2. The molecule has 0 aliphatic heterocycles. The van der Waals surface area contributed by atoms with E-state index < -0.39 is 0 Å². The molecule has 35 heavy (non-hydrogen) atoms. The summed E-state index contributed by atoms with van der Waals surface area (Å²) in [6.07, 6.45) is 0. The number of hydrogen-bond donors (Lipinski definition) is 0. The van der Waals surface area contributed by atoms with Gasteiger partial charge in [0, 0.05) is 0 Å². The number of rotatable bonds is 2. The van der Waals surface area contributed by atoms with Crippen molar-refractivity contribution >= 4 is 21.5 Å². The van der Waals surface area contributed by atoms with Crippen molar-refractivity contribution in [3.05, 3.63) is 132 Å². The summed E-state index contributed by atoms with van der Waals surface area (Å²) in [7, 11) is 0. The largest absolute Gasteiger partial charge is 4.00 e. The van der Waals surface area contributed by atoms with Gasteiger partial charge in [-0.15, -0.1) is 56.9 Å². The fourth-order valence-electron chi connectivity index (χ4n) is 4.35. The van der Waals surface area contributed by atoms with Crippen molar-refractivity contribution in [2.75, 3.05) is 0 Å². The van der Waals surface area contributed by atoms with Crippen LogP contribution in [-0.4, -0.2) is 0 Å². The Balaban J connectivity index is 0.000000227. The van der Waals surface area contributed by atoms with Crippen molar-refractivity contribution in [2.24, 2.45) is 0 Å². The van der Waals surface area contributed by atoms with Gasteiger partial charge in [0.2, 0.25) is 0 Å². The molecule has 0 unspecified atom stereocenters. The van der Waals surface area contributed by atoms with E-state index in [-0.39, 0.29) is 50.7 Å². The predicted octanol–water partition coefficient (Wildman–Crippen LogP) is 3.07. The second kappa shape index (κ2) is 13.0. The molecule has 0 saturated heterocycles. The quantitative estimate of drug-likeness (QED) is 0.198. The monoisotopic (exact) mass is 660 g/mol. The number of benzene rings is 4. The summed E-state index contributed by atoms with van der Waals surface area (Å²) in [6, 6.07) is 43.2. The van der Waals surface area contributed by atoms with Gasteiger partial charge in [-0.25, -0.2) is 0 Å². The van der Waals surface area contributed by atoms with Crippen LogP contribution in [-0.2, 0) is 25.8 Å².